The number of nitrogens with zero attached hydrogens (tertiary/aromatic N) is 2. The summed E-state index contributed by atoms with van der Waals surface area (Å²) in [4.78, 5) is 29.5. The van der Waals surface area contributed by atoms with Gasteiger partial charge in [0.05, 0.1) is 5.41 Å². The second-order valence-electron chi connectivity index (χ2n) is 9.62. The zero-order chi connectivity index (χ0) is 23.2. The fourth-order valence-electron chi connectivity index (χ4n) is 4.29. The molecule has 0 atom stereocenters. The van der Waals surface area contributed by atoms with Crippen molar-refractivity contribution in [1.82, 2.24) is 15.1 Å². The number of hydrogen-bond acceptors (Lipinski definition) is 5. The highest BCUT2D eigenvalue weighted by molar-refractivity contribution is 6.30. The summed E-state index contributed by atoms with van der Waals surface area (Å²) >= 11 is 6.05. The van der Waals surface area contributed by atoms with Crippen LogP contribution < -0.4 is 5.32 Å². The fraction of sp³-hybridized carbons (Fsp3) is 0.667. The van der Waals surface area contributed by atoms with Gasteiger partial charge in [0.25, 0.3) is 0 Å². The van der Waals surface area contributed by atoms with Crippen molar-refractivity contribution in [1.29, 1.82) is 0 Å². The molecule has 8 heteroatoms. The van der Waals surface area contributed by atoms with Gasteiger partial charge >= 0.3 is 6.09 Å². The quantitative estimate of drug-likeness (QED) is 0.651. The summed E-state index contributed by atoms with van der Waals surface area (Å²) < 4.78 is 11.0. The van der Waals surface area contributed by atoms with Gasteiger partial charge in [-0.2, -0.15) is 0 Å². The number of carbonyl (C=O) groups is 2. The van der Waals surface area contributed by atoms with Crippen LogP contribution in [0.15, 0.2) is 24.3 Å². The van der Waals surface area contributed by atoms with E-state index < -0.39 is 11.0 Å². The summed E-state index contributed by atoms with van der Waals surface area (Å²) in [5.41, 5.74) is -0.0248. The number of halogens is 1. The standard InChI is InChI=1S/C24H36ClN3O4/c1-23(2,3)32-22(30)28-15-13-27(14-16-28)12-4-11-26-21(29)24(9-17-31-18-10-24)19-5-7-20(25)8-6-19/h5-8H,4,9-18H2,1-3H3,(H,26,29). The first-order chi connectivity index (χ1) is 15.2. The smallest absolute Gasteiger partial charge is 0.410 e. The van der Waals surface area contributed by atoms with Gasteiger partial charge < -0.3 is 19.7 Å². The van der Waals surface area contributed by atoms with Gasteiger partial charge in [-0.1, -0.05) is 23.7 Å². The lowest BCUT2D eigenvalue weighted by Crippen LogP contribution is -2.51. The Morgan fingerprint density at radius 1 is 1.09 bits per heavy atom. The van der Waals surface area contributed by atoms with Crippen LogP contribution in [-0.4, -0.2) is 79.9 Å². The average molecular weight is 466 g/mol. The molecule has 0 spiro atoms. The second-order valence-corrected chi connectivity index (χ2v) is 10.1. The minimum absolute atomic E-state index is 0.0675. The number of nitrogens with one attached hydrogen (secondary N) is 1. The highest BCUT2D eigenvalue weighted by atomic mass is 35.5. The Balaban J connectivity index is 1.43. The molecule has 2 amide bonds. The molecule has 7 nitrogen and oxygen atoms in total. The topological polar surface area (TPSA) is 71.1 Å². The first-order valence-electron chi connectivity index (χ1n) is 11.5. The third-order valence-electron chi connectivity index (χ3n) is 6.14. The molecule has 1 N–H and O–H groups in total. The van der Waals surface area contributed by atoms with Crippen molar-refractivity contribution >= 4 is 23.6 Å². The molecule has 2 heterocycles. The number of carbonyl (C=O) groups excluding carboxylic acids is 2. The van der Waals surface area contributed by atoms with Gasteiger partial charge in [0.15, 0.2) is 0 Å². The number of ether oxygens (including phenoxy) is 2. The summed E-state index contributed by atoms with van der Waals surface area (Å²) in [6, 6.07) is 7.60. The molecule has 1 aromatic rings. The molecular formula is C24H36ClN3O4. The molecule has 3 rings (SSSR count). The SMILES string of the molecule is CC(C)(C)OC(=O)N1CCN(CCCNC(=O)C2(c3ccc(Cl)cc3)CCOCC2)CC1. The van der Waals surface area contributed by atoms with Gasteiger partial charge in [0, 0.05) is 51.0 Å². The van der Waals surface area contributed by atoms with Crippen LogP contribution in [0, 0.1) is 0 Å². The van der Waals surface area contributed by atoms with E-state index in [-0.39, 0.29) is 12.0 Å². The summed E-state index contributed by atoms with van der Waals surface area (Å²) in [6.45, 7) is 11.3. The maximum Gasteiger partial charge on any atom is 0.410 e. The Morgan fingerprint density at radius 2 is 1.72 bits per heavy atom. The van der Waals surface area contributed by atoms with Gasteiger partial charge in [-0.25, -0.2) is 4.79 Å². The zero-order valence-electron chi connectivity index (χ0n) is 19.5. The maximum absolute atomic E-state index is 13.2. The van der Waals surface area contributed by atoms with E-state index in [1.807, 2.05) is 45.0 Å². The van der Waals surface area contributed by atoms with Crippen molar-refractivity contribution in [2.24, 2.45) is 0 Å². The monoisotopic (exact) mass is 465 g/mol. The molecule has 2 aliphatic rings. The molecule has 32 heavy (non-hydrogen) atoms. The summed E-state index contributed by atoms with van der Waals surface area (Å²) in [7, 11) is 0. The van der Waals surface area contributed by atoms with Crippen LogP contribution in [0.2, 0.25) is 5.02 Å². The minimum atomic E-state index is -0.554. The molecule has 2 aliphatic heterocycles. The Morgan fingerprint density at radius 3 is 2.31 bits per heavy atom. The molecule has 0 radical (unpaired) electrons. The van der Waals surface area contributed by atoms with E-state index in [4.69, 9.17) is 21.1 Å². The molecular weight excluding hydrogens is 430 g/mol. The summed E-state index contributed by atoms with van der Waals surface area (Å²) in [6.07, 6.45) is 1.97. The predicted molar refractivity (Wildman–Crippen MR) is 125 cm³/mol. The molecule has 2 fully saturated rings. The molecule has 0 aliphatic carbocycles. The van der Waals surface area contributed by atoms with Crippen molar-refractivity contribution in [3.8, 4) is 0 Å². The molecule has 178 valence electrons. The summed E-state index contributed by atoms with van der Waals surface area (Å²) in [5, 5.41) is 3.83. The molecule has 0 unspecified atom stereocenters. The first-order valence-corrected chi connectivity index (χ1v) is 11.9. The van der Waals surface area contributed by atoms with E-state index in [0.29, 0.717) is 50.7 Å². The fourth-order valence-corrected chi connectivity index (χ4v) is 4.42. The van der Waals surface area contributed by atoms with Crippen LogP contribution in [0.1, 0.15) is 45.6 Å². The van der Waals surface area contributed by atoms with Gasteiger partial charge in [-0.3, -0.25) is 9.69 Å². The van der Waals surface area contributed by atoms with Gasteiger partial charge in [0.1, 0.15) is 5.60 Å². The van der Waals surface area contributed by atoms with Crippen LogP contribution in [0.3, 0.4) is 0 Å². The van der Waals surface area contributed by atoms with E-state index >= 15 is 0 Å². The van der Waals surface area contributed by atoms with Crippen molar-refractivity contribution in [3.63, 3.8) is 0 Å². The average Bonchev–Trinajstić information content (AvgIpc) is 2.76. The van der Waals surface area contributed by atoms with E-state index in [1.165, 1.54) is 0 Å². The Labute approximate surface area is 196 Å². The van der Waals surface area contributed by atoms with Gasteiger partial charge in [0.2, 0.25) is 5.91 Å². The predicted octanol–water partition coefficient (Wildman–Crippen LogP) is 3.45. The lowest BCUT2D eigenvalue weighted by atomic mass is 9.73. The Bertz CT molecular complexity index is 764. The van der Waals surface area contributed by atoms with Gasteiger partial charge in [-0.15, -0.1) is 0 Å². The van der Waals surface area contributed by atoms with Crippen molar-refractivity contribution in [2.75, 3.05) is 52.5 Å². The number of piperazine rings is 1. The molecule has 0 aromatic heterocycles. The first kappa shape index (κ1) is 24.8. The van der Waals surface area contributed by atoms with Crippen molar-refractivity contribution < 1.29 is 19.1 Å². The Kier molecular flexibility index (Phi) is 8.42. The third-order valence-corrected chi connectivity index (χ3v) is 6.39. The molecule has 0 saturated carbocycles. The zero-order valence-corrected chi connectivity index (χ0v) is 20.2. The van der Waals surface area contributed by atoms with Crippen molar-refractivity contribution in [3.05, 3.63) is 34.9 Å². The van der Waals surface area contributed by atoms with Crippen LogP contribution in [0.25, 0.3) is 0 Å². The number of rotatable bonds is 6. The summed E-state index contributed by atoms with van der Waals surface area (Å²) in [5.74, 6) is 0.0675. The number of amides is 2. The highest BCUT2D eigenvalue weighted by Crippen LogP contribution is 2.35. The van der Waals surface area contributed by atoms with Crippen LogP contribution >= 0.6 is 11.6 Å². The van der Waals surface area contributed by atoms with Gasteiger partial charge in [-0.05, 0) is 64.3 Å². The van der Waals surface area contributed by atoms with E-state index in [1.54, 1.807) is 4.90 Å². The number of hydrogen-bond donors (Lipinski definition) is 1. The van der Waals surface area contributed by atoms with Crippen LogP contribution in [0.5, 0.6) is 0 Å². The Hall–Kier alpha value is -1.83. The second kappa shape index (κ2) is 10.9. The number of benzene rings is 1. The highest BCUT2D eigenvalue weighted by Gasteiger charge is 2.41. The third kappa shape index (κ3) is 6.59. The normalized spacial score (nSPS) is 19.4. The molecule has 2 saturated heterocycles. The van der Waals surface area contributed by atoms with Crippen molar-refractivity contribution in [2.45, 2.75) is 51.0 Å². The molecule has 1 aromatic carbocycles. The minimum Gasteiger partial charge on any atom is -0.444 e. The lowest BCUT2D eigenvalue weighted by molar-refractivity contribution is -0.130. The maximum atomic E-state index is 13.2. The van der Waals surface area contributed by atoms with E-state index in [2.05, 4.69) is 10.2 Å². The van der Waals surface area contributed by atoms with E-state index in [9.17, 15) is 9.59 Å². The largest absolute Gasteiger partial charge is 0.444 e. The van der Waals surface area contributed by atoms with Crippen LogP contribution in [0.4, 0.5) is 4.79 Å². The molecule has 0 bridgehead atoms. The lowest BCUT2D eigenvalue weighted by Gasteiger charge is -2.37. The van der Waals surface area contributed by atoms with Crippen LogP contribution in [-0.2, 0) is 19.7 Å². The van der Waals surface area contributed by atoms with E-state index in [0.717, 1.165) is 31.6 Å².